The highest BCUT2D eigenvalue weighted by molar-refractivity contribution is 6.33. The minimum atomic E-state index is -0.543. The normalized spacial score (nSPS) is 10.3. The van der Waals surface area contributed by atoms with Gasteiger partial charge in [0.2, 0.25) is 5.91 Å². The highest BCUT2D eigenvalue weighted by atomic mass is 35.5. The third-order valence-electron chi connectivity index (χ3n) is 2.85. The van der Waals surface area contributed by atoms with Gasteiger partial charge in [0.15, 0.2) is 0 Å². The molecule has 0 radical (unpaired) electrons. The minimum Gasteiger partial charge on any atom is -0.399 e. The van der Waals surface area contributed by atoms with Crippen LogP contribution < -0.4 is 11.1 Å². The van der Waals surface area contributed by atoms with Crippen LogP contribution in [-0.4, -0.2) is 5.91 Å². The Morgan fingerprint density at radius 3 is 2.55 bits per heavy atom. The van der Waals surface area contributed by atoms with E-state index in [1.165, 1.54) is 18.2 Å². The Labute approximate surface area is 121 Å². The molecule has 0 aliphatic rings. The molecule has 5 heteroatoms. The van der Waals surface area contributed by atoms with Gasteiger partial charge in [-0.2, -0.15) is 0 Å². The second-order valence-electron chi connectivity index (χ2n) is 4.39. The number of nitrogens with two attached hydrogens (primary N) is 1. The average molecular weight is 293 g/mol. The summed E-state index contributed by atoms with van der Waals surface area (Å²) in [5, 5.41) is 2.68. The molecule has 0 spiro atoms. The number of rotatable bonds is 4. The Morgan fingerprint density at radius 1 is 1.20 bits per heavy atom. The van der Waals surface area contributed by atoms with Gasteiger partial charge in [0, 0.05) is 12.1 Å². The van der Waals surface area contributed by atoms with E-state index in [2.05, 4.69) is 5.32 Å². The van der Waals surface area contributed by atoms with Crippen molar-refractivity contribution in [2.45, 2.75) is 12.8 Å². The summed E-state index contributed by atoms with van der Waals surface area (Å²) >= 11 is 5.84. The molecule has 0 saturated carbocycles. The predicted octanol–water partition coefficient (Wildman–Crippen LogP) is 3.63. The second kappa shape index (κ2) is 6.39. The van der Waals surface area contributed by atoms with Crippen LogP contribution in [0, 0.1) is 5.82 Å². The van der Waals surface area contributed by atoms with Crippen molar-refractivity contribution in [1.82, 2.24) is 0 Å². The highest BCUT2D eigenvalue weighted by Gasteiger charge is 2.10. The summed E-state index contributed by atoms with van der Waals surface area (Å²) in [6.07, 6.45) is 0.798. The number of anilines is 2. The van der Waals surface area contributed by atoms with E-state index in [0.717, 1.165) is 5.56 Å². The molecule has 2 aromatic carbocycles. The summed E-state index contributed by atoms with van der Waals surface area (Å²) in [4.78, 5) is 11.8. The van der Waals surface area contributed by atoms with Crippen molar-refractivity contribution >= 4 is 28.9 Å². The first-order valence-electron chi connectivity index (χ1n) is 6.14. The molecule has 0 aromatic heterocycles. The van der Waals surface area contributed by atoms with Crippen molar-refractivity contribution in [3.8, 4) is 0 Å². The third kappa shape index (κ3) is 3.71. The Bertz CT molecular complexity index is 594. The monoisotopic (exact) mass is 292 g/mol. The molecule has 0 heterocycles. The molecular formula is C15H14ClFN2O. The van der Waals surface area contributed by atoms with Crippen LogP contribution in [0.2, 0.25) is 5.02 Å². The quantitative estimate of drug-likeness (QED) is 0.846. The smallest absolute Gasteiger partial charge is 0.224 e. The van der Waals surface area contributed by atoms with E-state index in [1.807, 2.05) is 12.1 Å². The zero-order valence-corrected chi connectivity index (χ0v) is 11.5. The molecule has 1 amide bonds. The number of carbonyl (C=O) groups is 1. The van der Waals surface area contributed by atoms with Crippen LogP contribution in [0.3, 0.4) is 0 Å². The molecule has 0 unspecified atom stereocenters. The van der Waals surface area contributed by atoms with E-state index < -0.39 is 5.82 Å². The number of hydrogen-bond acceptors (Lipinski definition) is 2. The lowest BCUT2D eigenvalue weighted by Gasteiger charge is -2.08. The van der Waals surface area contributed by atoms with Gasteiger partial charge in [0.1, 0.15) is 5.82 Å². The predicted molar refractivity (Wildman–Crippen MR) is 79.2 cm³/mol. The Kier molecular flexibility index (Phi) is 4.58. The SMILES string of the molecule is Nc1ccc(CCC(=O)Nc2c(F)cccc2Cl)cc1. The Hall–Kier alpha value is -2.07. The van der Waals surface area contributed by atoms with Crippen molar-refractivity contribution in [1.29, 1.82) is 0 Å². The van der Waals surface area contributed by atoms with Gasteiger partial charge in [-0.15, -0.1) is 0 Å². The zero-order chi connectivity index (χ0) is 14.5. The largest absolute Gasteiger partial charge is 0.399 e. The van der Waals surface area contributed by atoms with Crippen LogP contribution in [0.4, 0.5) is 15.8 Å². The molecule has 0 aliphatic heterocycles. The fraction of sp³-hybridized carbons (Fsp3) is 0.133. The van der Waals surface area contributed by atoms with Gasteiger partial charge in [-0.1, -0.05) is 29.8 Å². The van der Waals surface area contributed by atoms with E-state index in [-0.39, 0.29) is 23.0 Å². The Morgan fingerprint density at radius 2 is 1.90 bits per heavy atom. The summed E-state index contributed by atoms with van der Waals surface area (Å²) in [5.41, 5.74) is 7.28. The summed E-state index contributed by atoms with van der Waals surface area (Å²) in [6.45, 7) is 0. The fourth-order valence-electron chi connectivity index (χ4n) is 1.76. The lowest BCUT2D eigenvalue weighted by atomic mass is 10.1. The number of hydrogen-bond donors (Lipinski definition) is 2. The molecule has 104 valence electrons. The summed E-state index contributed by atoms with van der Waals surface area (Å²) in [5.74, 6) is -0.827. The molecule has 0 aliphatic carbocycles. The van der Waals surface area contributed by atoms with E-state index >= 15 is 0 Å². The molecular weight excluding hydrogens is 279 g/mol. The highest BCUT2D eigenvalue weighted by Crippen LogP contribution is 2.24. The average Bonchev–Trinajstić information content (AvgIpc) is 2.42. The van der Waals surface area contributed by atoms with Crippen LogP contribution in [0.25, 0.3) is 0 Å². The van der Waals surface area contributed by atoms with Crippen LogP contribution in [0.15, 0.2) is 42.5 Å². The van der Waals surface area contributed by atoms with Gasteiger partial charge in [-0.25, -0.2) is 4.39 Å². The van der Waals surface area contributed by atoms with Gasteiger partial charge in [0.05, 0.1) is 10.7 Å². The molecule has 2 aromatic rings. The van der Waals surface area contributed by atoms with Gasteiger partial charge < -0.3 is 11.1 Å². The molecule has 20 heavy (non-hydrogen) atoms. The van der Waals surface area contributed by atoms with Crippen molar-refractivity contribution in [3.63, 3.8) is 0 Å². The van der Waals surface area contributed by atoms with Crippen LogP contribution in [0.5, 0.6) is 0 Å². The van der Waals surface area contributed by atoms with E-state index in [1.54, 1.807) is 12.1 Å². The summed E-state index contributed by atoms with van der Waals surface area (Å²) in [7, 11) is 0. The molecule has 0 atom stereocenters. The van der Waals surface area contributed by atoms with Gasteiger partial charge in [0.25, 0.3) is 0 Å². The summed E-state index contributed by atoms with van der Waals surface area (Å²) < 4.78 is 13.5. The molecule has 2 rings (SSSR count). The fourth-order valence-corrected chi connectivity index (χ4v) is 1.97. The van der Waals surface area contributed by atoms with Crippen molar-refractivity contribution < 1.29 is 9.18 Å². The van der Waals surface area contributed by atoms with E-state index in [0.29, 0.717) is 12.1 Å². The van der Waals surface area contributed by atoms with Crippen molar-refractivity contribution in [2.24, 2.45) is 0 Å². The number of nitrogens with one attached hydrogen (secondary N) is 1. The molecule has 0 bridgehead atoms. The van der Waals surface area contributed by atoms with Crippen LogP contribution >= 0.6 is 11.6 Å². The maximum absolute atomic E-state index is 13.5. The number of benzene rings is 2. The van der Waals surface area contributed by atoms with Gasteiger partial charge in [-0.05, 0) is 36.2 Å². The maximum Gasteiger partial charge on any atom is 0.224 e. The number of amides is 1. The number of halogens is 2. The standard InChI is InChI=1S/C15H14ClFN2O/c16-12-2-1-3-13(17)15(12)19-14(20)9-6-10-4-7-11(18)8-5-10/h1-5,7-8H,6,9,18H2,(H,19,20). The van der Waals surface area contributed by atoms with Crippen LogP contribution in [-0.2, 0) is 11.2 Å². The van der Waals surface area contributed by atoms with Crippen molar-refractivity contribution in [3.05, 3.63) is 58.9 Å². The lowest BCUT2D eigenvalue weighted by molar-refractivity contribution is -0.116. The lowest BCUT2D eigenvalue weighted by Crippen LogP contribution is -2.13. The topological polar surface area (TPSA) is 55.1 Å². The molecule has 3 N–H and O–H groups in total. The first-order valence-corrected chi connectivity index (χ1v) is 6.52. The number of aryl methyl sites for hydroxylation is 1. The first-order chi connectivity index (χ1) is 9.56. The zero-order valence-electron chi connectivity index (χ0n) is 10.7. The minimum absolute atomic E-state index is 0.0245. The van der Waals surface area contributed by atoms with Gasteiger partial charge in [-0.3, -0.25) is 4.79 Å². The Balaban J connectivity index is 1.94. The summed E-state index contributed by atoms with van der Waals surface area (Å²) in [6, 6.07) is 11.5. The van der Waals surface area contributed by atoms with Crippen molar-refractivity contribution in [2.75, 3.05) is 11.1 Å². The van der Waals surface area contributed by atoms with E-state index in [9.17, 15) is 9.18 Å². The van der Waals surface area contributed by atoms with Gasteiger partial charge >= 0.3 is 0 Å². The maximum atomic E-state index is 13.5. The third-order valence-corrected chi connectivity index (χ3v) is 3.16. The molecule has 3 nitrogen and oxygen atoms in total. The molecule has 0 fully saturated rings. The number of nitrogen functional groups attached to an aromatic ring is 1. The van der Waals surface area contributed by atoms with Crippen LogP contribution in [0.1, 0.15) is 12.0 Å². The number of carbonyl (C=O) groups excluding carboxylic acids is 1. The molecule has 0 saturated heterocycles. The second-order valence-corrected chi connectivity index (χ2v) is 4.79. The number of para-hydroxylation sites is 1. The van der Waals surface area contributed by atoms with E-state index in [4.69, 9.17) is 17.3 Å². The first kappa shape index (κ1) is 14.3.